The Balaban J connectivity index is 1.87. The van der Waals surface area contributed by atoms with E-state index in [1.54, 1.807) is 0 Å². The van der Waals surface area contributed by atoms with Crippen molar-refractivity contribution in [1.82, 2.24) is 20.2 Å². The van der Waals surface area contributed by atoms with Crippen LogP contribution < -0.4 is 10.2 Å². The first-order chi connectivity index (χ1) is 13.9. The van der Waals surface area contributed by atoms with Crippen molar-refractivity contribution in [3.8, 4) is 0 Å². The average molecular weight is 396 g/mol. The van der Waals surface area contributed by atoms with Crippen molar-refractivity contribution in [2.45, 2.75) is 47.0 Å². The Kier molecular flexibility index (Phi) is 6.72. The SMILES string of the molecule is CCNC(=O)N1CCN(c2nc(C(C)C)nc(C)c2Cc2ccc(C)cc2)CC1. The van der Waals surface area contributed by atoms with Gasteiger partial charge in [-0.3, -0.25) is 0 Å². The van der Waals surface area contributed by atoms with Gasteiger partial charge in [0.25, 0.3) is 0 Å². The van der Waals surface area contributed by atoms with Crippen molar-refractivity contribution in [1.29, 1.82) is 0 Å². The summed E-state index contributed by atoms with van der Waals surface area (Å²) in [5.74, 6) is 2.19. The van der Waals surface area contributed by atoms with Gasteiger partial charge in [0.05, 0.1) is 0 Å². The molecule has 0 radical (unpaired) electrons. The van der Waals surface area contributed by atoms with E-state index in [1.165, 1.54) is 16.7 Å². The summed E-state index contributed by atoms with van der Waals surface area (Å²) < 4.78 is 0. The molecule has 3 rings (SSSR count). The number of aromatic nitrogens is 2. The van der Waals surface area contributed by atoms with E-state index in [1.807, 2.05) is 11.8 Å². The molecule has 0 spiro atoms. The molecule has 0 saturated carbocycles. The molecule has 2 heterocycles. The maximum Gasteiger partial charge on any atom is 0.317 e. The molecule has 1 fully saturated rings. The molecule has 1 N–H and O–H groups in total. The van der Waals surface area contributed by atoms with Crippen molar-refractivity contribution >= 4 is 11.8 Å². The molecule has 1 aromatic heterocycles. The summed E-state index contributed by atoms with van der Waals surface area (Å²) in [5, 5.41) is 2.89. The molecular formula is C23H33N5O. The van der Waals surface area contributed by atoms with E-state index in [4.69, 9.17) is 9.97 Å². The number of carbonyl (C=O) groups is 1. The van der Waals surface area contributed by atoms with Gasteiger partial charge in [-0.05, 0) is 26.3 Å². The van der Waals surface area contributed by atoms with Gasteiger partial charge >= 0.3 is 6.03 Å². The summed E-state index contributed by atoms with van der Waals surface area (Å²) in [5.41, 5.74) is 4.76. The molecule has 1 aliphatic rings. The van der Waals surface area contributed by atoms with Crippen LogP contribution in [0.1, 0.15) is 54.9 Å². The van der Waals surface area contributed by atoms with E-state index < -0.39 is 0 Å². The standard InChI is InChI=1S/C23H33N5O/c1-6-24-23(29)28-13-11-27(12-14-28)22-20(15-19-9-7-17(4)8-10-19)18(5)25-21(26-22)16(2)3/h7-10,16H,6,11-15H2,1-5H3,(H,24,29). The highest BCUT2D eigenvalue weighted by atomic mass is 16.2. The van der Waals surface area contributed by atoms with Gasteiger partial charge in [-0.2, -0.15) is 0 Å². The third-order valence-corrected chi connectivity index (χ3v) is 5.42. The van der Waals surface area contributed by atoms with Gasteiger partial charge in [0.15, 0.2) is 0 Å². The van der Waals surface area contributed by atoms with Crippen molar-refractivity contribution in [3.05, 3.63) is 52.5 Å². The number of hydrogen-bond donors (Lipinski definition) is 1. The highest BCUT2D eigenvalue weighted by Crippen LogP contribution is 2.27. The minimum atomic E-state index is 0.0220. The second-order valence-corrected chi connectivity index (χ2v) is 8.10. The molecule has 0 atom stereocenters. The van der Waals surface area contributed by atoms with Gasteiger partial charge in [-0.15, -0.1) is 0 Å². The first-order valence-electron chi connectivity index (χ1n) is 10.6. The molecule has 6 heteroatoms. The van der Waals surface area contributed by atoms with Crippen LogP contribution in [0.25, 0.3) is 0 Å². The first kappa shape index (κ1) is 21.1. The Morgan fingerprint density at radius 2 is 1.72 bits per heavy atom. The Bertz CT molecular complexity index is 839. The van der Waals surface area contributed by atoms with E-state index in [0.717, 1.165) is 36.8 Å². The van der Waals surface area contributed by atoms with E-state index in [2.05, 4.69) is 62.2 Å². The molecule has 1 aromatic carbocycles. The first-order valence-corrected chi connectivity index (χ1v) is 10.6. The summed E-state index contributed by atoms with van der Waals surface area (Å²) in [4.78, 5) is 26.1. The fourth-order valence-corrected chi connectivity index (χ4v) is 3.62. The number of rotatable bonds is 5. The topological polar surface area (TPSA) is 61.4 Å². The second-order valence-electron chi connectivity index (χ2n) is 8.10. The van der Waals surface area contributed by atoms with Gasteiger partial charge in [0, 0.05) is 56.3 Å². The predicted octanol–water partition coefficient (Wildman–Crippen LogP) is 3.66. The minimum Gasteiger partial charge on any atom is -0.353 e. The summed E-state index contributed by atoms with van der Waals surface area (Å²) in [6.45, 7) is 14.0. The quantitative estimate of drug-likeness (QED) is 0.839. The van der Waals surface area contributed by atoms with Crippen molar-refractivity contribution < 1.29 is 4.79 Å². The monoisotopic (exact) mass is 395 g/mol. The Hall–Kier alpha value is -2.63. The predicted molar refractivity (Wildman–Crippen MR) is 118 cm³/mol. The van der Waals surface area contributed by atoms with Gasteiger partial charge < -0.3 is 15.1 Å². The van der Waals surface area contributed by atoms with E-state index in [0.29, 0.717) is 19.6 Å². The molecule has 2 aromatic rings. The number of benzene rings is 1. The molecule has 6 nitrogen and oxygen atoms in total. The molecule has 0 unspecified atom stereocenters. The minimum absolute atomic E-state index is 0.0220. The molecule has 29 heavy (non-hydrogen) atoms. The normalized spacial score (nSPS) is 14.4. The molecule has 0 bridgehead atoms. The summed E-state index contributed by atoms with van der Waals surface area (Å²) in [6.07, 6.45) is 0.816. The largest absolute Gasteiger partial charge is 0.353 e. The number of anilines is 1. The molecule has 0 aliphatic carbocycles. The number of hydrogen-bond acceptors (Lipinski definition) is 4. The molecule has 1 saturated heterocycles. The number of carbonyl (C=O) groups excluding carboxylic acids is 1. The number of aryl methyl sites for hydroxylation is 2. The van der Waals surface area contributed by atoms with Crippen molar-refractivity contribution in [2.75, 3.05) is 37.6 Å². The summed E-state index contributed by atoms with van der Waals surface area (Å²) >= 11 is 0. The smallest absolute Gasteiger partial charge is 0.317 e. The van der Waals surface area contributed by atoms with Crippen molar-refractivity contribution in [3.63, 3.8) is 0 Å². The van der Waals surface area contributed by atoms with Crippen LogP contribution in [0.3, 0.4) is 0 Å². The number of amides is 2. The zero-order valence-corrected chi connectivity index (χ0v) is 18.3. The fourth-order valence-electron chi connectivity index (χ4n) is 3.62. The van der Waals surface area contributed by atoms with E-state index in [9.17, 15) is 4.79 Å². The highest BCUT2D eigenvalue weighted by Gasteiger charge is 2.25. The number of urea groups is 1. The van der Waals surface area contributed by atoms with E-state index in [-0.39, 0.29) is 11.9 Å². The fraction of sp³-hybridized carbons (Fsp3) is 0.522. The Morgan fingerprint density at radius 3 is 2.31 bits per heavy atom. The summed E-state index contributed by atoms with van der Waals surface area (Å²) in [7, 11) is 0. The van der Waals surface area contributed by atoms with Gasteiger partial charge in [-0.1, -0.05) is 43.7 Å². The van der Waals surface area contributed by atoms with Crippen LogP contribution in [0.5, 0.6) is 0 Å². The average Bonchev–Trinajstić information content (AvgIpc) is 2.71. The van der Waals surface area contributed by atoms with Crippen LogP contribution in [0.15, 0.2) is 24.3 Å². The van der Waals surface area contributed by atoms with E-state index >= 15 is 0 Å². The lowest BCUT2D eigenvalue weighted by Gasteiger charge is -2.36. The Morgan fingerprint density at radius 1 is 1.07 bits per heavy atom. The van der Waals surface area contributed by atoms with Crippen LogP contribution in [0, 0.1) is 13.8 Å². The third kappa shape index (κ3) is 5.05. The highest BCUT2D eigenvalue weighted by molar-refractivity contribution is 5.74. The molecular weight excluding hydrogens is 362 g/mol. The Labute approximate surface area is 174 Å². The molecule has 2 amide bonds. The van der Waals surface area contributed by atoms with Crippen LogP contribution in [0.4, 0.5) is 10.6 Å². The number of nitrogens with zero attached hydrogens (tertiary/aromatic N) is 4. The van der Waals surface area contributed by atoms with Crippen molar-refractivity contribution in [2.24, 2.45) is 0 Å². The third-order valence-electron chi connectivity index (χ3n) is 5.42. The lowest BCUT2D eigenvalue weighted by Crippen LogP contribution is -2.52. The van der Waals surface area contributed by atoms with Crippen LogP contribution in [0.2, 0.25) is 0 Å². The van der Waals surface area contributed by atoms with Crippen LogP contribution in [-0.2, 0) is 6.42 Å². The zero-order chi connectivity index (χ0) is 21.0. The molecule has 1 aliphatic heterocycles. The maximum absolute atomic E-state index is 12.1. The lowest BCUT2D eigenvalue weighted by molar-refractivity contribution is 0.195. The number of nitrogens with one attached hydrogen (secondary N) is 1. The summed E-state index contributed by atoms with van der Waals surface area (Å²) in [6, 6.07) is 8.69. The van der Waals surface area contributed by atoms with Gasteiger partial charge in [-0.25, -0.2) is 14.8 Å². The second kappa shape index (κ2) is 9.25. The number of piperazine rings is 1. The molecule has 156 valence electrons. The van der Waals surface area contributed by atoms with Crippen LogP contribution in [-0.4, -0.2) is 53.6 Å². The zero-order valence-electron chi connectivity index (χ0n) is 18.3. The van der Waals surface area contributed by atoms with Gasteiger partial charge in [0.1, 0.15) is 11.6 Å². The van der Waals surface area contributed by atoms with Gasteiger partial charge in [0.2, 0.25) is 0 Å². The van der Waals surface area contributed by atoms with Crippen LogP contribution >= 0.6 is 0 Å². The lowest BCUT2D eigenvalue weighted by atomic mass is 10.0. The maximum atomic E-state index is 12.1.